The zero-order valence-corrected chi connectivity index (χ0v) is 14.2. The van der Waals surface area contributed by atoms with E-state index in [2.05, 4.69) is 10.1 Å². The van der Waals surface area contributed by atoms with Crippen molar-refractivity contribution in [3.05, 3.63) is 70.9 Å². The molecule has 0 saturated carbocycles. The van der Waals surface area contributed by atoms with Gasteiger partial charge in [-0.05, 0) is 25.1 Å². The van der Waals surface area contributed by atoms with Crippen molar-refractivity contribution in [3.63, 3.8) is 0 Å². The molecule has 4 aromatic rings. The van der Waals surface area contributed by atoms with Crippen LogP contribution >= 0.6 is 11.3 Å². The van der Waals surface area contributed by atoms with Crippen molar-refractivity contribution in [2.24, 2.45) is 0 Å². The molecule has 0 atom stereocenters. The molecule has 0 aliphatic rings. The van der Waals surface area contributed by atoms with E-state index < -0.39 is 0 Å². The number of fused-ring (bicyclic) bond motifs is 1. The molecule has 0 saturated heterocycles. The third kappa shape index (κ3) is 3.16. The van der Waals surface area contributed by atoms with E-state index >= 15 is 0 Å². The fraction of sp³-hybridized carbons (Fsp3) is 0.105. The van der Waals surface area contributed by atoms with Gasteiger partial charge in [-0.1, -0.05) is 41.1 Å². The molecule has 25 heavy (non-hydrogen) atoms. The van der Waals surface area contributed by atoms with Crippen molar-refractivity contribution in [1.29, 1.82) is 0 Å². The summed E-state index contributed by atoms with van der Waals surface area (Å²) < 4.78 is 11.6. The summed E-state index contributed by atoms with van der Waals surface area (Å²) in [4.78, 5) is 16.6. The second-order valence-corrected chi connectivity index (χ2v) is 6.51. The van der Waals surface area contributed by atoms with Crippen LogP contribution in [-0.4, -0.2) is 16.1 Å². The Balaban J connectivity index is 1.46. The summed E-state index contributed by atoms with van der Waals surface area (Å²) in [5.74, 6) is 0.356. The first-order valence-corrected chi connectivity index (χ1v) is 8.61. The normalized spacial score (nSPS) is 10.9. The Hall–Kier alpha value is -2.99. The zero-order valence-electron chi connectivity index (χ0n) is 13.4. The standard InChI is InChI=1S/C19H14N2O3S/c1-12-6-8-13(9-7-12)18-20-17(21-24-18)10-23-19(22)15-11-25-16-5-3-2-4-14(15)16/h2-9,11H,10H2,1H3. The van der Waals surface area contributed by atoms with Crippen LogP contribution in [-0.2, 0) is 11.3 Å². The Morgan fingerprint density at radius 3 is 2.80 bits per heavy atom. The first kappa shape index (κ1) is 15.5. The van der Waals surface area contributed by atoms with Crippen molar-refractivity contribution >= 4 is 27.4 Å². The second-order valence-electron chi connectivity index (χ2n) is 5.60. The Morgan fingerprint density at radius 1 is 1.16 bits per heavy atom. The predicted molar refractivity (Wildman–Crippen MR) is 95.4 cm³/mol. The monoisotopic (exact) mass is 350 g/mol. The molecular formula is C19H14N2O3S. The van der Waals surface area contributed by atoms with E-state index in [-0.39, 0.29) is 12.6 Å². The summed E-state index contributed by atoms with van der Waals surface area (Å²) in [6.45, 7) is 1.98. The van der Waals surface area contributed by atoms with Crippen molar-refractivity contribution in [2.75, 3.05) is 0 Å². The van der Waals surface area contributed by atoms with Crippen LogP contribution in [0, 0.1) is 6.92 Å². The van der Waals surface area contributed by atoms with E-state index in [1.807, 2.05) is 55.5 Å². The number of aryl methyl sites for hydroxylation is 1. The summed E-state index contributed by atoms with van der Waals surface area (Å²) in [6.07, 6.45) is 0. The van der Waals surface area contributed by atoms with E-state index in [1.165, 1.54) is 11.3 Å². The minimum absolute atomic E-state index is 0.0294. The summed E-state index contributed by atoms with van der Waals surface area (Å²) in [6, 6.07) is 15.5. The number of thiophene rings is 1. The quantitative estimate of drug-likeness (QED) is 0.503. The predicted octanol–water partition coefficient (Wildman–Crippen LogP) is 4.62. The lowest BCUT2D eigenvalue weighted by Gasteiger charge is -2.00. The Labute approximate surface area is 147 Å². The van der Waals surface area contributed by atoms with Crippen LogP contribution < -0.4 is 0 Å². The highest BCUT2D eigenvalue weighted by Crippen LogP contribution is 2.26. The van der Waals surface area contributed by atoms with Crippen LogP contribution in [0.4, 0.5) is 0 Å². The van der Waals surface area contributed by atoms with Crippen LogP contribution in [0.15, 0.2) is 58.4 Å². The molecule has 0 unspecified atom stereocenters. The smallest absolute Gasteiger partial charge is 0.340 e. The molecule has 5 nitrogen and oxygen atoms in total. The Bertz CT molecular complexity index is 1030. The largest absolute Gasteiger partial charge is 0.454 e. The average molecular weight is 350 g/mol. The van der Waals surface area contributed by atoms with Gasteiger partial charge in [0, 0.05) is 21.0 Å². The molecule has 2 aromatic carbocycles. The van der Waals surface area contributed by atoms with Gasteiger partial charge in [0.25, 0.3) is 5.89 Å². The van der Waals surface area contributed by atoms with Crippen LogP contribution in [0.25, 0.3) is 21.5 Å². The number of hydrogen-bond acceptors (Lipinski definition) is 6. The minimum Gasteiger partial charge on any atom is -0.454 e. The van der Waals surface area contributed by atoms with E-state index in [1.54, 1.807) is 5.38 Å². The van der Waals surface area contributed by atoms with Gasteiger partial charge >= 0.3 is 5.97 Å². The van der Waals surface area contributed by atoms with Crippen molar-refractivity contribution in [2.45, 2.75) is 13.5 Å². The van der Waals surface area contributed by atoms with E-state index in [9.17, 15) is 4.79 Å². The average Bonchev–Trinajstić information content (AvgIpc) is 3.27. The Kier molecular flexibility index (Phi) is 4.03. The van der Waals surface area contributed by atoms with Crippen LogP contribution in [0.2, 0.25) is 0 Å². The molecule has 0 amide bonds. The summed E-state index contributed by atoms with van der Waals surface area (Å²) in [5.41, 5.74) is 2.54. The van der Waals surface area contributed by atoms with Crippen molar-refractivity contribution in [1.82, 2.24) is 10.1 Å². The molecule has 2 aromatic heterocycles. The second kappa shape index (κ2) is 6.49. The van der Waals surface area contributed by atoms with Gasteiger partial charge in [-0.25, -0.2) is 4.79 Å². The van der Waals surface area contributed by atoms with Crippen LogP contribution in [0.1, 0.15) is 21.7 Å². The lowest BCUT2D eigenvalue weighted by molar-refractivity contribution is 0.0462. The summed E-state index contributed by atoms with van der Waals surface area (Å²) in [5, 5.41) is 6.57. The molecule has 2 heterocycles. The number of carbonyl (C=O) groups excluding carboxylic acids is 1. The number of rotatable bonds is 4. The number of esters is 1. The van der Waals surface area contributed by atoms with E-state index in [0.717, 1.165) is 21.2 Å². The lowest BCUT2D eigenvalue weighted by Crippen LogP contribution is -2.05. The number of benzene rings is 2. The Morgan fingerprint density at radius 2 is 1.96 bits per heavy atom. The number of carbonyl (C=O) groups is 1. The molecule has 0 radical (unpaired) electrons. The number of aromatic nitrogens is 2. The van der Waals surface area contributed by atoms with E-state index in [0.29, 0.717) is 17.3 Å². The molecule has 0 N–H and O–H groups in total. The molecular weight excluding hydrogens is 336 g/mol. The number of nitrogens with zero attached hydrogens (tertiary/aromatic N) is 2. The lowest BCUT2D eigenvalue weighted by atomic mass is 10.1. The first-order chi connectivity index (χ1) is 12.2. The van der Waals surface area contributed by atoms with E-state index in [4.69, 9.17) is 9.26 Å². The maximum Gasteiger partial charge on any atom is 0.340 e. The SMILES string of the molecule is Cc1ccc(-c2nc(COC(=O)c3csc4ccccc34)no2)cc1. The summed E-state index contributed by atoms with van der Waals surface area (Å²) >= 11 is 1.52. The third-order valence-electron chi connectivity index (χ3n) is 3.80. The van der Waals surface area contributed by atoms with Crippen LogP contribution in [0.3, 0.4) is 0 Å². The number of hydrogen-bond donors (Lipinski definition) is 0. The van der Waals surface area contributed by atoms with Crippen molar-refractivity contribution < 1.29 is 14.1 Å². The molecule has 6 heteroatoms. The highest BCUT2D eigenvalue weighted by Gasteiger charge is 2.15. The summed E-state index contributed by atoms with van der Waals surface area (Å²) in [7, 11) is 0. The van der Waals surface area contributed by atoms with Gasteiger partial charge in [0.2, 0.25) is 5.82 Å². The maximum absolute atomic E-state index is 12.3. The molecule has 0 bridgehead atoms. The van der Waals surface area contributed by atoms with Crippen LogP contribution in [0.5, 0.6) is 0 Å². The maximum atomic E-state index is 12.3. The molecule has 0 aliphatic heterocycles. The van der Waals surface area contributed by atoms with Gasteiger partial charge < -0.3 is 9.26 Å². The van der Waals surface area contributed by atoms with Gasteiger partial charge in [-0.15, -0.1) is 11.3 Å². The first-order valence-electron chi connectivity index (χ1n) is 7.74. The highest BCUT2D eigenvalue weighted by atomic mass is 32.1. The minimum atomic E-state index is -0.390. The molecule has 0 aliphatic carbocycles. The third-order valence-corrected chi connectivity index (χ3v) is 4.76. The van der Waals surface area contributed by atoms with Crippen molar-refractivity contribution in [3.8, 4) is 11.5 Å². The molecule has 124 valence electrons. The molecule has 4 rings (SSSR count). The van der Waals surface area contributed by atoms with Gasteiger partial charge in [0.05, 0.1) is 5.56 Å². The molecule has 0 spiro atoms. The molecule has 0 fully saturated rings. The fourth-order valence-electron chi connectivity index (χ4n) is 2.47. The number of ether oxygens (including phenoxy) is 1. The topological polar surface area (TPSA) is 65.2 Å². The zero-order chi connectivity index (χ0) is 17.2. The fourth-order valence-corrected chi connectivity index (χ4v) is 3.40. The van der Waals surface area contributed by atoms with Gasteiger partial charge in [0.15, 0.2) is 6.61 Å². The highest BCUT2D eigenvalue weighted by molar-refractivity contribution is 7.17. The van der Waals surface area contributed by atoms with Gasteiger partial charge in [-0.3, -0.25) is 0 Å². The van der Waals surface area contributed by atoms with Gasteiger partial charge in [0.1, 0.15) is 0 Å². The van der Waals surface area contributed by atoms with Gasteiger partial charge in [-0.2, -0.15) is 4.98 Å².